The lowest BCUT2D eigenvalue weighted by Gasteiger charge is -2.22. The number of anilines is 1. The van der Waals surface area contributed by atoms with E-state index in [1.807, 2.05) is 12.4 Å². The predicted molar refractivity (Wildman–Crippen MR) is 92.5 cm³/mol. The summed E-state index contributed by atoms with van der Waals surface area (Å²) in [6.07, 6.45) is 0. The van der Waals surface area contributed by atoms with Crippen LogP contribution in [0, 0.1) is 6.92 Å². The molecule has 0 saturated carbocycles. The molecule has 1 unspecified atom stereocenters. The first-order chi connectivity index (χ1) is 10.0. The Balaban J connectivity index is 2.15. The molecule has 21 heavy (non-hydrogen) atoms. The highest BCUT2D eigenvalue weighted by Gasteiger charge is 2.12. The van der Waals surface area contributed by atoms with Crippen LogP contribution in [-0.2, 0) is 6.54 Å². The second-order valence-corrected chi connectivity index (χ2v) is 6.55. The van der Waals surface area contributed by atoms with Crippen LogP contribution in [0.25, 0.3) is 0 Å². The number of aromatic nitrogens is 1. The van der Waals surface area contributed by atoms with Crippen LogP contribution in [-0.4, -0.2) is 18.6 Å². The molecule has 1 aromatic heterocycles. The maximum atomic E-state index is 6.47. The van der Waals surface area contributed by atoms with Crippen LogP contribution in [0.4, 0.5) is 5.69 Å². The molecule has 0 spiro atoms. The summed E-state index contributed by atoms with van der Waals surface area (Å²) in [4.78, 5) is 7.74. The third-order valence-electron chi connectivity index (χ3n) is 3.62. The van der Waals surface area contributed by atoms with Crippen LogP contribution in [0.1, 0.15) is 36.0 Å². The molecule has 0 aliphatic carbocycles. The minimum absolute atomic E-state index is 0.315. The van der Waals surface area contributed by atoms with Crippen molar-refractivity contribution in [2.75, 3.05) is 18.5 Å². The number of hydrogen-bond donors (Lipinski definition) is 1. The molecule has 3 nitrogen and oxygen atoms in total. The largest absolute Gasteiger partial charge is 0.368 e. The molecule has 0 bridgehead atoms. The van der Waals surface area contributed by atoms with Crippen LogP contribution < -0.4 is 10.2 Å². The Hall–Kier alpha value is -1.10. The summed E-state index contributed by atoms with van der Waals surface area (Å²) in [5.74, 6) is 0. The van der Waals surface area contributed by atoms with E-state index in [4.69, 9.17) is 11.6 Å². The molecule has 0 amide bonds. The van der Waals surface area contributed by atoms with Gasteiger partial charge in [-0.3, -0.25) is 0 Å². The van der Waals surface area contributed by atoms with Gasteiger partial charge in [-0.1, -0.05) is 24.6 Å². The van der Waals surface area contributed by atoms with Crippen molar-refractivity contribution in [3.63, 3.8) is 0 Å². The van der Waals surface area contributed by atoms with Crippen LogP contribution in [0.3, 0.4) is 0 Å². The zero-order chi connectivity index (χ0) is 15.4. The van der Waals surface area contributed by atoms with Gasteiger partial charge in [0, 0.05) is 18.0 Å². The van der Waals surface area contributed by atoms with Gasteiger partial charge in [0.05, 0.1) is 28.5 Å². The van der Waals surface area contributed by atoms with E-state index in [1.54, 1.807) is 11.3 Å². The minimum Gasteiger partial charge on any atom is -0.368 e. The predicted octanol–water partition coefficient (Wildman–Crippen LogP) is 4.41. The van der Waals surface area contributed by atoms with Crippen molar-refractivity contribution in [1.82, 2.24) is 10.3 Å². The Bertz CT molecular complexity index is 597. The van der Waals surface area contributed by atoms with Crippen molar-refractivity contribution >= 4 is 28.6 Å². The summed E-state index contributed by atoms with van der Waals surface area (Å²) in [5, 5.41) is 4.20. The van der Waals surface area contributed by atoms with E-state index >= 15 is 0 Å². The van der Waals surface area contributed by atoms with Gasteiger partial charge in [0.25, 0.3) is 0 Å². The number of thiazole rings is 1. The first-order valence-corrected chi connectivity index (χ1v) is 8.41. The fourth-order valence-corrected chi connectivity index (χ4v) is 3.47. The molecular weight excluding hydrogens is 302 g/mol. The Labute approximate surface area is 136 Å². The molecule has 0 radical (unpaired) electrons. The van der Waals surface area contributed by atoms with Gasteiger partial charge in [0.2, 0.25) is 0 Å². The summed E-state index contributed by atoms with van der Waals surface area (Å²) >= 11 is 8.15. The van der Waals surface area contributed by atoms with Crippen LogP contribution in [0.15, 0.2) is 23.7 Å². The third-order valence-corrected chi connectivity index (χ3v) is 4.84. The fourth-order valence-electron chi connectivity index (χ4n) is 2.30. The molecule has 1 heterocycles. The number of rotatable bonds is 6. The highest BCUT2D eigenvalue weighted by atomic mass is 35.5. The van der Waals surface area contributed by atoms with Gasteiger partial charge in [0.15, 0.2) is 0 Å². The van der Waals surface area contributed by atoms with Crippen molar-refractivity contribution in [2.24, 2.45) is 0 Å². The molecule has 1 atom stereocenters. The van der Waals surface area contributed by atoms with E-state index < -0.39 is 0 Å². The second-order valence-electron chi connectivity index (χ2n) is 5.21. The van der Waals surface area contributed by atoms with Crippen LogP contribution >= 0.6 is 22.9 Å². The zero-order valence-corrected chi connectivity index (χ0v) is 14.6. The summed E-state index contributed by atoms with van der Waals surface area (Å²) < 4.78 is 0. The number of halogens is 1. The van der Waals surface area contributed by atoms with Gasteiger partial charge in [-0.15, -0.1) is 11.3 Å². The van der Waals surface area contributed by atoms with Gasteiger partial charge >= 0.3 is 0 Å². The summed E-state index contributed by atoms with van der Waals surface area (Å²) in [7, 11) is 2.06. The maximum Gasteiger partial charge on any atom is 0.0798 e. The van der Waals surface area contributed by atoms with Gasteiger partial charge in [-0.05, 0) is 38.1 Å². The Kier molecular flexibility index (Phi) is 5.62. The van der Waals surface area contributed by atoms with Crippen LogP contribution in [0.2, 0.25) is 5.02 Å². The van der Waals surface area contributed by atoms with E-state index in [1.165, 1.54) is 10.4 Å². The van der Waals surface area contributed by atoms with E-state index in [0.717, 1.165) is 29.5 Å². The molecule has 2 aromatic rings. The summed E-state index contributed by atoms with van der Waals surface area (Å²) in [6.45, 7) is 8.09. The standard InChI is InChI=1S/C16H22ClN3S/c1-5-18-11(2)13-6-7-15(14(17)8-13)20(4)9-16-12(3)19-10-21-16/h6-8,10-11,18H,5,9H2,1-4H3. The minimum atomic E-state index is 0.315. The van der Waals surface area contributed by atoms with E-state index in [2.05, 4.69) is 54.3 Å². The Morgan fingerprint density at radius 1 is 1.43 bits per heavy atom. The van der Waals surface area contributed by atoms with Crippen molar-refractivity contribution in [1.29, 1.82) is 0 Å². The van der Waals surface area contributed by atoms with Crippen molar-refractivity contribution in [3.8, 4) is 0 Å². The highest BCUT2D eigenvalue weighted by molar-refractivity contribution is 7.09. The highest BCUT2D eigenvalue weighted by Crippen LogP contribution is 2.30. The molecule has 0 fully saturated rings. The number of benzene rings is 1. The lowest BCUT2D eigenvalue weighted by atomic mass is 10.1. The average molecular weight is 324 g/mol. The number of hydrogen-bond acceptors (Lipinski definition) is 4. The summed E-state index contributed by atoms with van der Waals surface area (Å²) in [5.41, 5.74) is 5.26. The third kappa shape index (κ3) is 3.96. The van der Waals surface area contributed by atoms with E-state index in [9.17, 15) is 0 Å². The van der Waals surface area contributed by atoms with Crippen molar-refractivity contribution in [3.05, 3.63) is 44.9 Å². The van der Waals surface area contributed by atoms with Gasteiger partial charge in [0.1, 0.15) is 0 Å². The van der Waals surface area contributed by atoms with E-state index in [0.29, 0.717) is 6.04 Å². The van der Waals surface area contributed by atoms with E-state index in [-0.39, 0.29) is 0 Å². The van der Waals surface area contributed by atoms with Gasteiger partial charge in [-0.25, -0.2) is 4.98 Å². The number of aryl methyl sites for hydroxylation is 1. The van der Waals surface area contributed by atoms with Crippen LogP contribution in [0.5, 0.6) is 0 Å². The topological polar surface area (TPSA) is 28.2 Å². The zero-order valence-electron chi connectivity index (χ0n) is 13.0. The molecule has 2 rings (SSSR count). The maximum absolute atomic E-state index is 6.47. The lowest BCUT2D eigenvalue weighted by molar-refractivity contribution is 0.598. The fraction of sp³-hybridized carbons (Fsp3) is 0.438. The van der Waals surface area contributed by atoms with Crippen molar-refractivity contribution < 1.29 is 0 Å². The Morgan fingerprint density at radius 3 is 2.76 bits per heavy atom. The van der Waals surface area contributed by atoms with Gasteiger partial charge in [-0.2, -0.15) is 0 Å². The SMILES string of the molecule is CCNC(C)c1ccc(N(C)Cc2scnc2C)c(Cl)c1. The monoisotopic (exact) mass is 323 g/mol. The number of nitrogens with zero attached hydrogens (tertiary/aromatic N) is 2. The molecule has 114 valence electrons. The summed E-state index contributed by atoms with van der Waals surface area (Å²) in [6, 6.07) is 6.61. The van der Waals surface area contributed by atoms with Crippen molar-refractivity contribution in [2.45, 2.75) is 33.4 Å². The first kappa shape index (κ1) is 16.3. The number of nitrogens with one attached hydrogen (secondary N) is 1. The first-order valence-electron chi connectivity index (χ1n) is 7.15. The van der Waals surface area contributed by atoms with Gasteiger partial charge < -0.3 is 10.2 Å². The molecular formula is C16H22ClN3S. The Morgan fingerprint density at radius 2 is 2.19 bits per heavy atom. The molecule has 0 aliphatic heterocycles. The lowest BCUT2D eigenvalue weighted by Crippen LogP contribution is -2.19. The molecule has 5 heteroatoms. The second kappa shape index (κ2) is 7.25. The normalized spacial score (nSPS) is 12.4. The quantitative estimate of drug-likeness (QED) is 0.853. The molecule has 0 aliphatic rings. The smallest absolute Gasteiger partial charge is 0.0798 e. The molecule has 1 aromatic carbocycles. The molecule has 1 N–H and O–H groups in total. The average Bonchev–Trinajstić information content (AvgIpc) is 2.84. The molecule has 0 saturated heterocycles.